The predicted molar refractivity (Wildman–Crippen MR) is 125 cm³/mol. The number of rotatable bonds is 9. The van der Waals surface area contributed by atoms with Gasteiger partial charge in [0, 0.05) is 37.0 Å². The van der Waals surface area contributed by atoms with Gasteiger partial charge in [-0.05, 0) is 55.7 Å². The number of likely N-dealkylation sites (tertiary alicyclic amines) is 1. The van der Waals surface area contributed by atoms with Gasteiger partial charge in [-0.25, -0.2) is 4.98 Å². The predicted octanol–water partition coefficient (Wildman–Crippen LogP) is 5.36. The fraction of sp³-hybridized carbons (Fsp3) is 0.360. The Morgan fingerprint density at radius 1 is 1.26 bits per heavy atom. The maximum atomic E-state index is 12.4. The number of fused-ring (bicyclic) bond motifs is 1. The van der Waals surface area contributed by atoms with Gasteiger partial charge in [0.05, 0.1) is 17.6 Å². The number of nitrogens with zero attached hydrogens (tertiary/aromatic N) is 3. The second kappa shape index (κ2) is 9.56. The molecule has 1 fully saturated rings. The van der Waals surface area contributed by atoms with Crippen molar-refractivity contribution < 1.29 is 9.53 Å². The van der Waals surface area contributed by atoms with Gasteiger partial charge in [-0.1, -0.05) is 29.8 Å². The number of ether oxygens (including phenoxy) is 1. The van der Waals surface area contributed by atoms with Crippen molar-refractivity contribution in [2.75, 3.05) is 19.7 Å². The molecule has 0 unspecified atom stereocenters. The molecule has 0 aliphatic carbocycles. The lowest BCUT2D eigenvalue weighted by Gasteiger charge is -2.16. The molecule has 1 aromatic heterocycles. The van der Waals surface area contributed by atoms with Crippen molar-refractivity contribution in [3.8, 4) is 5.75 Å². The Hall–Kier alpha value is -2.79. The van der Waals surface area contributed by atoms with E-state index in [0.29, 0.717) is 26.1 Å². The molecule has 0 saturated carbocycles. The maximum absolute atomic E-state index is 12.4. The van der Waals surface area contributed by atoms with Gasteiger partial charge >= 0.3 is 0 Å². The van der Waals surface area contributed by atoms with Crippen molar-refractivity contribution in [1.29, 1.82) is 0 Å². The van der Waals surface area contributed by atoms with Crippen LogP contribution in [0.3, 0.4) is 0 Å². The van der Waals surface area contributed by atoms with Crippen molar-refractivity contribution in [3.63, 3.8) is 0 Å². The van der Waals surface area contributed by atoms with Gasteiger partial charge in [-0.15, -0.1) is 6.58 Å². The highest BCUT2D eigenvalue weighted by molar-refractivity contribution is 6.31. The third-order valence-electron chi connectivity index (χ3n) is 5.79. The molecule has 0 radical (unpaired) electrons. The van der Waals surface area contributed by atoms with Crippen molar-refractivity contribution in [1.82, 2.24) is 14.5 Å². The molecule has 0 spiro atoms. The van der Waals surface area contributed by atoms with Gasteiger partial charge in [-0.3, -0.25) is 4.79 Å². The summed E-state index contributed by atoms with van der Waals surface area (Å²) in [5.74, 6) is 2.15. The Kier molecular flexibility index (Phi) is 6.62. The SMILES string of the molecule is C=CCN1C[C@H](c2nc3ccccc3n2CCCCOc2ccc(Cl)c(C)c2)CC1=O. The summed E-state index contributed by atoms with van der Waals surface area (Å²) in [6.45, 7) is 8.54. The number of aryl methyl sites for hydroxylation is 2. The lowest BCUT2D eigenvalue weighted by atomic mass is 10.1. The van der Waals surface area contributed by atoms with E-state index in [2.05, 4.69) is 17.2 Å². The van der Waals surface area contributed by atoms with Gasteiger partial charge in [0.25, 0.3) is 0 Å². The lowest BCUT2D eigenvalue weighted by Crippen LogP contribution is -2.25. The smallest absolute Gasteiger partial charge is 0.223 e. The molecule has 0 N–H and O–H groups in total. The number of carbonyl (C=O) groups is 1. The number of para-hydroxylation sites is 2. The van der Waals surface area contributed by atoms with Crippen LogP contribution in [-0.4, -0.2) is 40.1 Å². The van der Waals surface area contributed by atoms with Gasteiger partial charge < -0.3 is 14.2 Å². The van der Waals surface area contributed by atoms with Crippen molar-refractivity contribution in [2.24, 2.45) is 0 Å². The zero-order valence-corrected chi connectivity index (χ0v) is 18.6. The van der Waals surface area contributed by atoms with E-state index in [-0.39, 0.29) is 11.8 Å². The van der Waals surface area contributed by atoms with E-state index < -0.39 is 0 Å². The molecule has 6 heteroatoms. The second-order valence-electron chi connectivity index (χ2n) is 8.07. The fourth-order valence-corrected chi connectivity index (χ4v) is 4.30. The van der Waals surface area contributed by atoms with E-state index in [1.807, 2.05) is 48.2 Å². The van der Waals surface area contributed by atoms with E-state index in [0.717, 1.165) is 52.6 Å². The number of benzene rings is 2. The van der Waals surface area contributed by atoms with E-state index in [1.165, 1.54) is 0 Å². The first kappa shape index (κ1) is 21.4. The highest BCUT2D eigenvalue weighted by Crippen LogP contribution is 2.30. The molecule has 1 amide bonds. The van der Waals surface area contributed by atoms with Gasteiger partial charge in [0.1, 0.15) is 11.6 Å². The Labute approximate surface area is 188 Å². The summed E-state index contributed by atoms with van der Waals surface area (Å²) < 4.78 is 8.18. The molecular weight excluding hydrogens is 410 g/mol. The lowest BCUT2D eigenvalue weighted by molar-refractivity contribution is -0.127. The molecule has 3 aromatic rings. The molecule has 0 bridgehead atoms. The van der Waals surface area contributed by atoms with Crippen molar-refractivity contribution >= 4 is 28.5 Å². The first-order valence-electron chi connectivity index (χ1n) is 10.8. The topological polar surface area (TPSA) is 47.4 Å². The highest BCUT2D eigenvalue weighted by atomic mass is 35.5. The minimum absolute atomic E-state index is 0.119. The van der Waals surface area contributed by atoms with Crippen LogP contribution < -0.4 is 4.74 Å². The van der Waals surface area contributed by atoms with Crippen LogP contribution in [0.5, 0.6) is 5.75 Å². The zero-order valence-electron chi connectivity index (χ0n) is 17.9. The van der Waals surface area contributed by atoms with Crippen LogP contribution in [0.1, 0.15) is 36.6 Å². The molecule has 5 nitrogen and oxygen atoms in total. The average Bonchev–Trinajstić information content (AvgIpc) is 3.31. The Morgan fingerprint density at radius 3 is 2.90 bits per heavy atom. The summed E-state index contributed by atoms with van der Waals surface area (Å²) in [5.41, 5.74) is 3.13. The molecular formula is C25H28ClN3O2. The van der Waals surface area contributed by atoms with Crippen LogP contribution >= 0.6 is 11.6 Å². The maximum Gasteiger partial charge on any atom is 0.223 e. The quantitative estimate of drug-likeness (QED) is 0.334. The first-order valence-corrected chi connectivity index (χ1v) is 11.2. The summed E-state index contributed by atoms with van der Waals surface area (Å²) in [6.07, 6.45) is 4.19. The van der Waals surface area contributed by atoms with Crippen LogP contribution in [-0.2, 0) is 11.3 Å². The average molecular weight is 438 g/mol. The first-order chi connectivity index (χ1) is 15.1. The van der Waals surface area contributed by atoms with E-state index >= 15 is 0 Å². The molecule has 1 aliphatic rings. The number of hydrogen-bond acceptors (Lipinski definition) is 3. The van der Waals surface area contributed by atoms with Gasteiger partial charge in [-0.2, -0.15) is 0 Å². The van der Waals surface area contributed by atoms with Crippen LogP contribution in [0.2, 0.25) is 5.02 Å². The van der Waals surface area contributed by atoms with Gasteiger partial charge in [0.15, 0.2) is 0 Å². The van der Waals surface area contributed by atoms with Gasteiger partial charge in [0.2, 0.25) is 5.91 Å². The molecule has 2 aromatic carbocycles. The molecule has 2 heterocycles. The number of halogens is 1. The summed E-state index contributed by atoms with van der Waals surface area (Å²) in [5, 5.41) is 0.754. The van der Waals surface area contributed by atoms with Crippen molar-refractivity contribution in [2.45, 2.75) is 38.6 Å². The minimum atomic E-state index is 0.119. The molecule has 31 heavy (non-hydrogen) atoms. The summed E-state index contributed by atoms with van der Waals surface area (Å²) in [4.78, 5) is 19.1. The Bertz CT molecular complexity index is 1090. The number of imidazole rings is 1. The molecule has 162 valence electrons. The molecule has 1 saturated heterocycles. The van der Waals surface area contributed by atoms with E-state index in [1.54, 1.807) is 6.08 Å². The standard InChI is InChI=1S/C25H28ClN3O2/c1-3-12-28-17-19(16-24(28)30)25-27-22-8-4-5-9-23(22)29(25)13-6-7-14-31-20-10-11-21(26)18(2)15-20/h3-5,8-11,15,19H,1,6-7,12-14,16-17H2,2H3/t19-/m1/s1. The van der Waals surface area contributed by atoms with Crippen molar-refractivity contribution in [3.05, 3.63) is 71.5 Å². The van der Waals surface area contributed by atoms with Crippen LogP contribution in [0.15, 0.2) is 55.1 Å². The number of aromatic nitrogens is 2. The summed E-state index contributed by atoms with van der Waals surface area (Å²) >= 11 is 6.08. The number of carbonyl (C=O) groups excluding carboxylic acids is 1. The Morgan fingerprint density at radius 2 is 2.10 bits per heavy atom. The molecule has 4 rings (SSSR count). The molecule has 1 aliphatic heterocycles. The zero-order chi connectivity index (χ0) is 21.8. The highest BCUT2D eigenvalue weighted by Gasteiger charge is 2.33. The van der Waals surface area contributed by atoms with Crippen LogP contribution in [0, 0.1) is 6.92 Å². The second-order valence-corrected chi connectivity index (χ2v) is 8.47. The largest absolute Gasteiger partial charge is 0.494 e. The monoisotopic (exact) mass is 437 g/mol. The summed E-state index contributed by atoms with van der Waals surface area (Å²) in [7, 11) is 0. The normalized spacial score (nSPS) is 16.3. The van der Waals surface area contributed by atoms with E-state index in [9.17, 15) is 4.79 Å². The molecule has 1 atom stereocenters. The van der Waals surface area contributed by atoms with Crippen LogP contribution in [0.25, 0.3) is 11.0 Å². The Balaban J connectivity index is 1.42. The number of unbranched alkanes of at least 4 members (excludes halogenated alkanes) is 1. The third kappa shape index (κ3) is 4.77. The fourth-order valence-electron chi connectivity index (χ4n) is 4.19. The summed E-state index contributed by atoms with van der Waals surface area (Å²) in [6, 6.07) is 13.9. The minimum Gasteiger partial charge on any atom is -0.494 e. The van der Waals surface area contributed by atoms with E-state index in [4.69, 9.17) is 21.3 Å². The number of hydrogen-bond donors (Lipinski definition) is 0. The third-order valence-corrected chi connectivity index (χ3v) is 6.21. The van der Waals surface area contributed by atoms with Crippen LogP contribution in [0.4, 0.5) is 0 Å². The number of amides is 1.